The predicted octanol–water partition coefficient (Wildman–Crippen LogP) is 3.74. The fourth-order valence-electron chi connectivity index (χ4n) is 1.79. The van der Waals surface area contributed by atoms with E-state index in [0.29, 0.717) is 23.5 Å². The van der Waals surface area contributed by atoms with Crippen molar-refractivity contribution in [2.45, 2.75) is 46.3 Å². The van der Waals surface area contributed by atoms with Crippen molar-refractivity contribution in [2.75, 3.05) is 13.2 Å². The summed E-state index contributed by atoms with van der Waals surface area (Å²) in [6.07, 6.45) is -0.448. The summed E-state index contributed by atoms with van der Waals surface area (Å²) >= 11 is 3.35. The van der Waals surface area contributed by atoms with Gasteiger partial charge in [0.15, 0.2) is 0 Å². The van der Waals surface area contributed by atoms with Crippen LogP contribution in [0.2, 0.25) is 0 Å². The Kier molecular flexibility index (Phi) is 6.47. The lowest BCUT2D eigenvalue weighted by atomic mass is 10.2. The number of ether oxygens (including phenoxy) is 2. The minimum Gasteiger partial charge on any atom is -0.492 e. The second-order valence-electron chi connectivity index (χ2n) is 5.88. The first kappa shape index (κ1) is 18.5. The zero-order valence-corrected chi connectivity index (χ0v) is 15.4. The average molecular weight is 374 g/mol. The molecule has 0 saturated carbocycles. The van der Waals surface area contributed by atoms with Gasteiger partial charge in [-0.2, -0.15) is 5.10 Å². The van der Waals surface area contributed by atoms with Crippen molar-refractivity contribution in [3.8, 4) is 0 Å². The van der Waals surface area contributed by atoms with Crippen LogP contribution in [0.5, 0.6) is 0 Å². The summed E-state index contributed by atoms with van der Waals surface area (Å²) in [5.41, 5.74) is 0.253. The van der Waals surface area contributed by atoms with Gasteiger partial charge in [-0.25, -0.2) is 4.79 Å². The van der Waals surface area contributed by atoms with Gasteiger partial charge in [-0.15, -0.1) is 0 Å². The highest BCUT2D eigenvalue weighted by molar-refractivity contribution is 9.10. The third-order valence-corrected chi connectivity index (χ3v) is 3.06. The molecule has 1 aromatic heterocycles. The fourth-order valence-corrected chi connectivity index (χ4v) is 2.18. The normalized spacial score (nSPS) is 12.6. The van der Waals surface area contributed by atoms with Crippen LogP contribution in [0.15, 0.2) is 17.2 Å². The van der Waals surface area contributed by atoms with Gasteiger partial charge in [-0.05, 0) is 50.5 Å². The summed E-state index contributed by atoms with van der Waals surface area (Å²) in [4.78, 5) is 11.7. The smallest absolute Gasteiger partial charge is 0.407 e. The van der Waals surface area contributed by atoms with Crippen LogP contribution in [0, 0.1) is 0 Å². The standard InChI is InChI=1S/C15H24BrN3O3/c1-7-21-11(3)12-8-13(16)18-19(12)10(2)9-17-14(20)22-15(4,5)6/h8,10H,3,7,9H2,1-2,4-6H3,(H,17,20)/t10-/m0/s1. The van der Waals surface area contributed by atoms with Gasteiger partial charge in [0.1, 0.15) is 21.7 Å². The first-order valence-corrected chi connectivity index (χ1v) is 7.97. The Labute approximate surface area is 140 Å². The molecule has 0 unspecified atom stereocenters. The predicted molar refractivity (Wildman–Crippen MR) is 89.5 cm³/mol. The van der Waals surface area contributed by atoms with Gasteiger partial charge < -0.3 is 14.8 Å². The molecular formula is C15H24BrN3O3. The zero-order valence-electron chi connectivity index (χ0n) is 13.8. The molecule has 1 heterocycles. The molecule has 7 heteroatoms. The molecule has 0 spiro atoms. The molecule has 0 aliphatic heterocycles. The number of rotatable bonds is 6. The van der Waals surface area contributed by atoms with Crippen LogP contribution in [0.4, 0.5) is 4.79 Å². The number of aromatic nitrogens is 2. The molecule has 0 aromatic carbocycles. The number of carbonyl (C=O) groups excluding carboxylic acids is 1. The summed E-state index contributed by atoms with van der Waals surface area (Å²) in [7, 11) is 0. The van der Waals surface area contributed by atoms with Crippen molar-refractivity contribution in [3.05, 3.63) is 22.9 Å². The number of nitrogens with one attached hydrogen (secondary N) is 1. The van der Waals surface area contributed by atoms with E-state index in [1.807, 2.05) is 40.7 Å². The monoisotopic (exact) mass is 373 g/mol. The molecular weight excluding hydrogens is 350 g/mol. The van der Waals surface area contributed by atoms with Gasteiger partial charge in [0.25, 0.3) is 0 Å². The van der Waals surface area contributed by atoms with Crippen LogP contribution >= 0.6 is 15.9 Å². The third-order valence-electron chi connectivity index (χ3n) is 2.67. The van der Waals surface area contributed by atoms with E-state index in [0.717, 1.165) is 5.69 Å². The Hall–Kier alpha value is -1.50. The molecule has 124 valence electrons. The van der Waals surface area contributed by atoms with E-state index in [2.05, 4.69) is 32.9 Å². The molecule has 1 atom stereocenters. The Morgan fingerprint density at radius 2 is 2.18 bits per heavy atom. The van der Waals surface area contributed by atoms with Gasteiger partial charge in [0.2, 0.25) is 0 Å². The molecule has 1 aromatic rings. The molecule has 1 N–H and O–H groups in total. The van der Waals surface area contributed by atoms with Crippen molar-refractivity contribution < 1.29 is 14.3 Å². The molecule has 6 nitrogen and oxygen atoms in total. The largest absolute Gasteiger partial charge is 0.492 e. The van der Waals surface area contributed by atoms with E-state index in [1.165, 1.54) is 0 Å². The van der Waals surface area contributed by atoms with E-state index in [1.54, 1.807) is 4.68 Å². The second-order valence-corrected chi connectivity index (χ2v) is 6.70. The van der Waals surface area contributed by atoms with Crippen LogP contribution in [-0.2, 0) is 9.47 Å². The van der Waals surface area contributed by atoms with Crippen molar-refractivity contribution in [1.29, 1.82) is 0 Å². The van der Waals surface area contributed by atoms with E-state index in [4.69, 9.17) is 9.47 Å². The van der Waals surface area contributed by atoms with E-state index < -0.39 is 11.7 Å². The molecule has 1 rings (SSSR count). The number of hydrogen-bond acceptors (Lipinski definition) is 4. The topological polar surface area (TPSA) is 65.4 Å². The average Bonchev–Trinajstić information content (AvgIpc) is 2.76. The van der Waals surface area contributed by atoms with E-state index in [9.17, 15) is 4.79 Å². The molecule has 22 heavy (non-hydrogen) atoms. The lowest BCUT2D eigenvalue weighted by molar-refractivity contribution is 0.0520. The van der Waals surface area contributed by atoms with Gasteiger partial charge in [-0.1, -0.05) is 6.58 Å². The molecule has 0 bridgehead atoms. The highest BCUT2D eigenvalue weighted by Gasteiger charge is 2.19. The van der Waals surface area contributed by atoms with Crippen LogP contribution in [0.25, 0.3) is 5.76 Å². The van der Waals surface area contributed by atoms with Gasteiger partial charge in [0.05, 0.1) is 12.6 Å². The summed E-state index contributed by atoms with van der Waals surface area (Å²) in [6.45, 7) is 14.1. The number of hydrogen-bond donors (Lipinski definition) is 1. The van der Waals surface area contributed by atoms with Crippen molar-refractivity contribution in [2.24, 2.45) is 0 Å². The Balaban J connectivity index is 2.71. The number of alkyl carbamates (subject to hydrolysis) is 1. The number of halogens is 1. The van der Waals surface area contributed by atoms with Gasteiger partial charge in [0, 0.05) is 12.6 Å². The molecule has 1 amide bonds. The van der Waals surface area contributed by atoms with Crippen molar-refractivity contribution in [3.63, 3.8) is 0 Å². The lowest BCUT2D eigenvalue weighted by Gasteiger charge is -2.21. The second kappa shape index (κ2) is 7.67. The van der Waals surface area contributed by atoms with Gasteiger partial charge in [-0.3, -0.25) is 4.68 Å². The van der Waals surface area contributed by atoms with E-state index in [-0.39, 0.29) is 6.04 Å². The quantitative estimate of drug-likeness (QED) is 0.771. The van der Waals surface area contributed by atoms with Gasteiger partial charge >= 0.3 is 6.09 Å². The SMILES string of the molecule is C=C(OCC)c1cc(Br)nn1[C@@H](C)CNC(=O)OC(C)(C)C. The Morgan fingerprint density at radius 1 is 1.55 bits per heavy atom. The van der Waals surface area contributed by atoms with Crippen LogP contribution in [0.3, 0.4) is 0 Å². The summed E-state index contributed by atoms with van der Waals surface area (Å²) in [6, 6.07) is 1.76. The Morgan fingerprint density at radius 3 is 2.73 bits per heavy atom. The fraction of sp³-hybridized carbons (Fsp3) is 0.600. The third kappa shape index (κ3) is 5.71. The first-order valence-electron chi connectivity index (χ1n) is 7.18. The number of nitrogens with zero attached hydrogens (tertiary/aromatic N) is 2. The number of carbonyl (C=O) groups is 1. The van der Waals surface area contributed by atoms with Crippen molar-refractivity contribution >= 4 is 27.8 Å². The maximum absolute atomic E-state index is 11.7. The van der Waals surface area contributed by atoms with E-state index >= 15 is 0 Å². The molecule has 0 saturated heterocycles. The summed E-state index contributed by atoms with van der Waals surface area (Å²) in [5.74, 6) is 0.546. The zero-order chi connectivity index (χ0) is 16.9. The molecule has 0 fully saturated rings. The maximum atomic E-state index is 11.7. The minimum absolute atomic E-state index is 0.0778. The maximum Gasteiger partial charge on any atom is 0.407 e. The number of amides is 1. The van der Waals surface area contributed by atoms with Crippen LogP contribution in [-0.4, -0.2) is 34.6 Å². The first-order chi connectivity index (χ1) is 10.1. The lowest BCUT2D eigenvalue weighted by Crippen LogP contribution is -2.35. The Bertz CT molecular complexity index is 535. The highest BCUT2D eigenvalue weighted by atomic mass is 79.9. The van der Waals surface area contributed by atoms with Crippen LogP contribution in [0.1, 0.15) is 46.4 Å². The highest BCUT2D eigenvalue weighted by Crippen LogP contribution is 2.22. The summed E-state index contributed by atoms with van der Waals surface area (Å²) in [5, 5.41) is 7.10. The minimum atomic E-state index is -0.517. The van der Waals surface area contributed by atoms with Crippen LogP contribution < -0.4 is 5.32 Å². The van der Waals surface area contributed by atoms with Crippen molar-refractivity contribution in [1.82, 2.24) is 15.1 Å². The molecule has 0 aliphatic rings. The molecule has 0 aliphatic carbocycles. The summed E-state index contributed by atoms with van der Waals surface area (Å²) < 4.78 is 13.1. The molecule has 0 radical (unpaired) electrons.